The van der Waals surface area contributed by atoms with E-state index >= 15 is 0 Å². The fraction of sp³-hybridized carbons (Fsp3) is 0.188. The van der Waals surface area contributed by atoms with Crippen molar-refractivity contribution < 1.29 is 0 Å². The number of aromatic nitrogens is 2. The third kappa shape index (κ3) is 2.45. The van der Waals surface area contributed by atoms with Gasteiger partial charge in [-0.15, -0.1) is 0 Å². The predicted molar refractivity (Wildman–Crippen MR) is 84.3 cm³/mol. The van der Waals surface area contributed by atoms with Crippen molar-refractivity contribution in [2.75, 3.05) is 11.1 Å². The molecular weight excluding hydrogens is 248 g/mol. The minimum absolute atomic E-state index is 0.540. The Kier molecular flexibility index (Phi) is 3.06. The van der Waals surface area contributed by atoms with Crippen molar-refractivity contribution in [3.05, 3.63) is 48.0 Å². The van der Waals surface area contributed by atoms with Gasteiger partial charge < -0.3 is 16.0 Å². The number of nitrogens with one attached hydrogen (secondary N) is 2. The summed E-state index contributed by atoms with van der Waals surface area (Å²) in [5.74, 6) is 1.26. The predicted octanol–water partition coefficient (Wildman–Crippen LogP) is 4.01. The van der Waals surface area contributed by atoms with Gasteiger partial charge in [0.25, 0.3) is 0 Å². The van der Waals surface area contributed by atoms with E-state index in [0.29, 0.717) is 5.92 Å². The summed E-state index contributed by atoms with van der Waals surface area (Å²) < 4.78 is 0. The van der Waals surface area contributed by atoms with E-state index in [2.05, 4.69) is 53.4 Å². The number of nitrogens with two attached hydrogens (primary N) is 1. The zero-order valence-corrected chi connectivity index (χ0v) is 11.6. The smallest absolute Gasteiger partial charge is 0.205 e. The van der Waals surface area contributed by atoms with Gasteiger partial charge in [0.15, 0.2) is 0 Å². The second-order valence-electron chi connectivity index (χ2n) is 5.26. The Morgan fingerprint density at radius 3 is 2.55 bits per heavy atom. The number of imidazole rings is 1. The van der Waals surface area contributed by atoms with Crippen LogP contribution in [0.15, 0.2) is 42.5 Å². The van der Waals surface area contributed by atoms with Crippen LogP contribution in [0.3, 0.4) is 0 Å². The number of hydrogen-bond acceptors (Lipinski definition) is 3. The van der Waals surface area contributed by atoms with Crippen molar-refractivity contribution in [3.8, 4) is 0 Å². The van der Waals surface area contributed by atoms with Crippen LogP contribution in [0.1, 0.15) is 25.3 Å². The van der Waals surface area contributed by atoms with Gasteiger partial charge in [-0.25, -0.2) is 4.98 Å². The number of H-pyrrole nitrogens is 1. The number of nitrogens with zero attached hydrogens (tertiary/aromatic N) is 1. The molecule has 0 saturated carbocycles. The summed E-state index contributed by atoms with van der Waals surface area (Å²) in [4.78, 5) is 7.70. The van der Waals surface area contributed by atoms with Crippen LogP contribution in [0.2, 0.25) is 0 Å². The van der Waals surface area contributed by atoms with Gasteiger partial charge in [-0.1, -0.05) is 26.0 Å². The molecular formula is C16H18N4. The summed E-state index contributed by atoms with van der Waals surface area (Å²) in [6.07, 6.45) is 0. The first-order chi connectivity index (χ1) is 9.61. The first-order valence-corrected chi connectivity index (χ1v) is 6.74. The van der Waals surface area contributed by atoms with Crippen molar-refractivity contribution in [2.45, 2.75) is 19.8 Å². The number of rotatable bonds is 3. The fourth-order valence-electron chi connectivity index (χ4n) is 2.17. The summed E-state index contributed by atoms with van der Waals surface area (Å²) in [7, 11) is 0. The molecule has 0 aliphatic rings. The van der Waals surface area contributed by atoms with Crippen molar-refractivity contribution in [3.63, 3.8) is 0 Å². The molecule has 1 aromatic heterocycles. The van der Waals surface area contributed by atoms with Gasteiger partial charge in [-0.05, 0) is 41.8 Å². The van der Waals surface area contributed by atoms with Gasteiger partial charge in [0.05, 0.1) is 11.0 Å². The average molecular weight is 266 g/mol. The van der Waals surface area contributed by atoms with Crippen LogP contribution >= 0.6 is 0 Å². The molecule has 2 aromatic carbocycles. The number of benzene rings is 2. The summed E-state index contributed by atoms with van der Waals surface area (Å²) >= 11 is 0. The highest BCUT2D eigenvalue weighted by Crippen LogP contribution is 2.22. The standard InChI is InChI=1S/C16H18N4/c1-10(2)11-3-6-13(7-4-11)18-16-19-14-8-5-12(17)9-15(14)20-16/h3-10H,17H2,1-2H3,(H2,18,19,20). The lowest BCUT2D eigenvalue weighted by Crippen LogP contribution is -1.93. The Balaban J connectivity index is 1.85. The summed E-state index contributed by atoms with van der Waals surface area (Å²) in [5, 5.41) is 3.27. The molecule has 0 unspecified atom stereocenters. The van der Waals surface area contributed by atoms with Crippen molar-refractivity contribution >= 4 is 28.4 Å². The molecule has 4 N–H and O–H groups in total. The minimum atomic E-state index is 0.540. The molecule has 0 bridgehead atoms. The largest absolute Gasteiger partial charge is 0.399 e. The molecule has 0 spiro atoms. The molecule has 4 heteroatoms. The lowest BCUT2D eigenvalue weighted by Gasteiger charge is -2.07. The zero-order chi connectivity index (χ0) is 14.1. The SMILES string of the molecule is CC(C)c1ccc(Nc2nc3ccc(N)cc3[nH]2)cc1. The Labute approximate surface area is 118 Å². The molecule has 0 amide bonds. The molecule has 4 nitrogen and oxygen atoms in total. The fourth-order valence-corrected chi connectivity index (χ4v) is 2.17. The van der Waals surface area contributed by atoms with Crippen LogP contribution < -0.4 is 11.1 Å². The number of fused-ring (bicyclic) bond motifs is 1. The van der Waals surface area contributed by atoms with E-state index in [1.54, 1.807) is 0 Å². The number of nitrogen functional groups attached to an aromatic ring is 1. The van der Waals surface area contributed by atoms with E-state index in [9.17, 15) is 0 Å². The summed E-state index contributed by atoms with van der Waals surface area (Å²) in [6.45, 7) is 4.37. The van der Waals surface area contributed by atoms with Crippen molar-refractivity contribution in [1.29, 1.82) is 0 Å². The van der Waals surface area contributed by atoms with E-state index in [1.807, 2.05) is 18.2 Å². The Morgan fingerprint density at radius 2 is 1.85 bits per heavy atom. The number of hydrogen-bond donors (Lipinski definition) is 3. The van der Waals surface area contributed by atoms with Gasteiger partial charge in [-0.3, -0.25) is 0 Å². The van der Waals surface area contributed by atoms with Crippen molar-refractivity contribution in [1.82, 2.24) is 9.97 Å². The number of aromatic amines is 1. The summed E-state index contributed by atoms with van der Waals surface area (Å²) in [6, 6.07) is 14.0. The van der Waals surface area contributed by atoms with E-state index in [-0.39, 0.29) is 0 Å². The molecule has 3 rings (SSSR count). The van der Waals surface area contributed by atoms with E-state index < -0.39 is 0 Å². The van der Waals surface area contributed by atoms with Crippen LogP contribution in [-0.2, 0) is 0 Å². The molecule has 1 heterocycles. The molecule has 20 heavy (non-hydrogen) atoms. The Bertz CT molecular complexity index is 726. The van der Waals surface area contributed by atoms with Gasteiger partial charge in [0.2, 0.25) is 5.95 Å². The zero-order valence-electron chi connectivity index (χ0n) is 11.6. The highest BCUT2D eigenvalue weighted by Gasteiger charge is 2.04. The molecule has 0 aliphatic carbocycles. The van der Waals surface area contributed by atoms with Crippen molar-refractivity contribution in [2.24, 2.45) is 0 Å². The lowest BCUT2D eigenvalue weighted by atomic mass is 10.0. The molecule has 0 radical (unpaired) electrons. The minimum Gasteiger partial charge on any atom is -0.399 e. The quantitative estimate of drug-likeness (QED) is 0.627. The normalized spacial score (nSPS) is 11.2. The van der Waals surface area contributed by atoms with Crippen LogP contribution in [0.5, 0.6) is 0 Å². The van der Waals surface area contributed by atoms with Gasteiger partial charge >= 0.3 is 0 Å². The topological polar surface area (TPSA) is 66.7 Å². The van der Waals surface area contributed by atoms with E-state index in [1.165, 1.54) is 5.56 Å². The molecule has 3 aromatic rings. The van der Waals surface area contributed by atoms with Crippen LogP contribution in [-0.4, -0.2) is 9.97 Å². The van der Waals surface area contributed by atoms with Crippen LogP contribution in [0.25, 0.3) is 11.0 Å². The lowest BCUT2D eigenvalue weighted by molar-refractivity contribution is 0.867. The molecule has 0 fully saturated rings. The second-order valence-corrected chi connectivity index (χ2v) is 5.26. The maximum atomic E-state index is 5.76. The molecule has 0 aliphatic heterocycles. The third-order valence-corrected chi connectivity index (χ3v) is 3.35. The Morgan fingerprint density at radius 1 is 1.10 bits per heavy atom. The van der Waals surface area contributed by atoms with Gasteiger partial charge in [0.1, 0.15) is 0 Å². The average Bonchev–Trinajstić information content (AvgIpc) is 2.80. The first kappa shape index (κ1) is 12.5. The van der Waals surface area contributed by atoms with E-state index in [0.717, 1.165) is 28.4 Å². The highest BCUT2D eigenvalue weighted by atomic mass is 15.1. The third-order valence-electron chi connectivity index (χ3n) is 3.35. The Hall–Kier alpha value is -2.49. The summed E-state index contributed by atoms with van der Waals surface area (Å²) in [5.41, 5.74) is 10.7. The highest BCUT2D eigenvalue weighted by molar-refractivity contribution is 5.81. The first-order valence-electron chi connectivity index (χ1n) is 6.74. The maximum Gasteiger partial charge on any atom is 0.205 e. The van der Waals surface area contributed by atoms with Crippen LogP contribution in [0, 0.1) is 0 Å². The second kappa shape index (κ2) is 4.89. The number of anilines is 3. The van der Waals surface area contributed by atoms with Gasteiger partial charge in [0, 0.05) is 11.4 Å². The molecule has 0 saturated heterocycles. The molecule has 102 valence electrons. The monoisotopic (exact) mass is 266 g/mol. The van der Waals surface area contributed by atoms with Gasteiger partial charge in [-0.2, -0.15) is 0 Å². The maximum absolute atomic E-state index is 5.76. The van der Waals surface area contributed by atoms with Crippen LogP contribution in [0.4, 0.5) is 17.3 Å². The van der Waals surface area contributed by atoms with E-state index in [4.69, 9.17) is 5.73 Å². The molecule has 0 atom stereocenters.